The SMILES string of the molecule is CC1CCC(C(=O)N(Cc2ccc(N)cc2)C2CC2)O1. The maximum absolute atomic E-state index is 12.6. The summed E-state index contributed by atoms with van der Waals surface area (Å²) in [6.07, 6.45) is 4.04. The Hall–Kier alpha value is -1.55. The normalized spacial score (nSPS) is 25.6. The van der Waals surface area contributed by atoms with Crippen molar-refractivity contribution in [2.45, 2.75) is 57.4 Å². The van der Waals surface area contributed by atoms with E-state index >= 15 is 0 Å². The van der Waals surface area contributed by atoms with Gasteiger partial charge in [0.25, 0.3) is 5.91 Å². The molecule has 1 saturated carbocycles. The predicted octanol–water partition coefficient (Wildman–Crippen LogP) is 2.33. The van der Waals surface area contributed by atoms with Crippen molar-refractivity contribution < 1.29 is 9.53 Å². The van der Waals surface area contributed by atoms with Gasteiger partial charge in [0, 0.05) is 18.3 Å². The molecule has 20 heavy (non-hydrogen) atoms. The van der Waals surface area contributed by atoms with Crippen LogP contribution < -0.4 is 5.73 Å². The summed E-state index contributed by atoms with van der Waals surface area (Å²) in [5.74, 6) is 0.161. The van der Waals surface area contributed by atoms with E-state index in [4.69, 9.17) is 10.5 Å². The third-order valence-electron chi connectivity index (χ3n) is 4.11. The molecule has 1 aromatic carbocycles. The van der Waals surface area contributed by atoms with Crippen molar-refractivity contribution >= 4 is 11.6 Å². The van der Waals surface area contributed by atoms with E-state index in [1.54, 1.807) is 0 Å². The van der Waals surface area contributed by atoms with Crippen LogP contribution >= 0.6 is 0 Å². The van der Waals surface area contributed by atoms with Crippen molar-refractivity contribution in [2.75, 3.05) is 5.73 Å². The lowest BCUT2D eigenvalue weighted by molar-refractivity contribution is -0.143. The third kappa shape index (κ3) is 2.96. The average molecular weight is 274 g/mol. The second kappa shape index (κ2) is 5.44. The fourth-order valence-corrected chi connectivity index (χ4v) is 2.76. The Morgan fingerprint density at radius 1 is 1.25 bits per heavy atom. The van der Waals surface area contributed by atoms with E-state index in [0.29, 0.717) is 12.6 Å². The van der Waals surface area contributed by atoms with Gasteiger partial charge in [-0.3, -0.25) is 4.79 Å². The number of hydrogen-bond donors (Lipinski definition) is 1. The Kier molecular flexibility index (Phi) is 3.66. The van der Waals surface area contributed by atoms with Gasteiger partial charge >= 0.3 is 0 Å². The zero-order valence-electron chi connectivity index (χ0n) is 11.9. The highest BCUT2D eigenvalue weighted by atomic mass is 16.5. The smallest absolute Gasteiger partial charge is 0.252 e. The monoisotopic (exact) mass is 274 g/mol. The van der Waals surface area contributed by atoms with E-state index < -0.39 is 0 Å². The lowest BCUT2D eigenvalue weighted by Crippen LogP contribution is -2.40. The molecule has 2 aliphatic rings. The number of hydrogen-bond acceptors (Lipinski definition) is 3. The van der Waals surface area contributed by atoms with Crippen molar-refractivity contribution in [1.82, 2.24) is 4.90 Å². The number of amides is 1. The first kappa shape index (κ1) is 13.4. The second-order valence-electron chi connectivity index (χ2n) is 5.95. The molecule has 1 aliphatic carbocycles. The summed E-state index contributed by atoms with van der Waals surface area (Å²) in [6, 6.07) is 8.17. The minimum atomic E-state index is -0.237. The van der Waals surface area contributed by atoms with E-state index in [1.807, 2.05) is 36.1 Å². The van der Waals surface area contributed by atoms with E-state index in [9.17, 15) is 4.79 Å². The van der Waals surface area contributed by atoms with Crippen molar-refractivity contribution in [1.29, 1.82) is 0 Å². The van der Waals surface area contributed by atoms with Crippen LogP contribution in [0.4, 0.5) is 5.69 Å². The molecular weight excluding hydrogens is 252 g/mol. The molecule has 1 aromatic rings. The molecule has 1 amide bonds. The molecule has 4 heteroatoms. The van der Waals surface area contributed by atoms with Crippen molar-refractivity contribution in [2.24, 2.45) is 0 Å². The van der Waals surface area contributed by atoms with Gasteiger partial charge in [0.2, 0.25) is 0 Å². The van der Waals surface area contributed by atoms with Crippen LogP contribution in [0, 0.1) is 0 Å². The maximum Gasteiger partial charge on any atom is 0.252 e. The number of carbonyl (C=O) groups is 1. The molecule has 2 atom stereocenters. The van der Waals surface area contributed by atoms with Gasteiger partial charge in [-0.2, -0.15) is 0 Å². The molecule has 0 aromatic heterocycles. The molecule has 3 rings (SSSR count). The Bertz CT molecular complexity index is 482. The molecule has 2 fully saturated rings. The van der Waals surface area contributed by atoms with Crippen molar-refractivity contribution in [3.05, 3.63) is 29.8 Å². The second-order valence-corrected chi connectivity index (χ2v) is 5.95. The summed E-state index contributed by atoms with van der Waals surface area (Å²) in [5, 5.41) is 0. The molecule has 0 radical (unpaired) electrons. The van der Waals surface area contributed by atoms with E-state index in [0.717, 1.165) is 36.9 Å². The van der Waals surface area contributed by atoms with Crippen molar-refractivity contribution in [3.8, 4) is 0 Å². The number of nitrogens with zero attached hydrogens (tertiary/aromatic N) is 1. The minimum absolute atomic E-state index is 0.161. The van der Waals surface area contributed by atoms with E-state index in [2.05, 4.69) is 0 Å². The lowest BCUT2D eigenvalue weighted by Gasteiger charge is -2.25. The summed E-state index contributed by atoms with van der Waals surface area (Å²) in [4.78, 5) is 14.6. The topological polar surface area (TPSA) is 55.6 Å². The Balaban J connectivity index is 1.69. The standard InChI is InChI=1S/C16H22N2O2/c1-11-2-9-15(20-11)16(19)18(14-7-8-14)10-12-3-5-13(17)6-4-12/h3-6,11,14-15H,2,7-10,17H2,1H3. The highest BCUT2D eigenvalue weighted by Crippen LogP contribution is 2.31. The Morgan fingerprint density at radius 2 is 1.95 bits per heavy atom. The van der Waals surface area contributed by atoms with E-state index in [1.165, 1.54) is 0 Å². The summed E-state index contributed by atoms with van der Waals surface area (Å²) < 4.78 is 5.73. The molecule has 1 aliphatic heterocycles. The minimum Gasteiger partial charge on any atom is -0.399 e. The van der Waals surface area contributed by atoms with Gasteiger partial charge in [-0.25, -0.2) is 0 Å². The number of rotatable bonds is 4. The molecule has 0 bridgehead atoms. The largest absolute Gasteiger partial charge is 0.399 e. The van der Waals surface area contributed by atoms with Crippen molar-refractivity contribution in [3.63, 3.8) is 0 Å². The Labute approximate surface area is 119 Å². The summed E-state index contributed by atoms with van der Waals surface area (Å²) in [5.41, 5.74) is 7.59. The van der Waals surface area contributed by atoms with Gasteiger partial charge < -0.3 is 15.4 Å². The maximum atomic E-state index is 12.6. The molecule has 2 N–H and O–H groups in total. The molecule has 108 valence electrons. The number of anilines is 1. The highest BCUT2D eigenvalue weighted by Gasteiger charge is 2.38. The van der Waals surface area contributed by atoms with Gasteiger partial charge in [0.05, 0.1) is 6.10 Å². The van der Waals surface area contributed by atoms with E-state index in [-0.39, 0.29) is 18.1 Å². The fourth-order valence-electron chi connectivity index (χ4n) is 2.76. The van der Waals surface area contributed by atoms with Crippen LogP contribution in [0.25, 0.3) is 0 Å². The van der Waals surface area contributed by atoms with Crippen LogP contribution in [0.15, 0.2) is 24.3 Å². The fraction of sp³-hybridized carbons (Fsp3) is 0.562. The van der Waals surface area contributed by atoms with Crippen LogP contribution in [0.3, 0.4) is 0 Å². The van der Waals surface area contributed by atoms with Crippen LogP contribution in [-0.2, 0) is 16.1 Å². The summed E-state index contributed by atoms with van der Waals surface area (Å²) in [7, 11) is 0. The lowest BCUT2D eigenvalue weighted by atomic mass is 10.1. The summed E-state index contributed by atoms with van der Waals surface area (Å²) in [6.45, 7) is 2.70. The molecule has 0 spiro atoms. The molecule has 4 nitrogen and oxygen atoms in total. The first-order valence-corrected chi connectivity index (χ1v) is 7.44. The molecule has 1 saturated heterocycles. The number of carbonyl (C=O) groups excluding carboxylic acids is 1. The number of ether oxygens (including phenoxy) is 1. The first-order chi connectivity index (χ1) is 9.63. The number of nitrogen functional groups attached to an aromatic ring is 1. The molecular formula is C16H22N2O2. The van der Waals surface area contributed by atoms with Gasteiger partial charge in [0.1, 0.15) is 6.10 Å². The summed E-state index contributed by atoms with van der Waals surface area (Å²) >= 11 is 0. The first-order valence-electron chi connectivity index (χ1n) is 7.44. The van der Waals surface area contributed by atoms with Gasteiger partial charge in [-0.05, 0) is 50.3 Å². The average Bonchev–Trinajstić information content (AvgIpc) is 3.19. The Morgan fingerprint density at radius 3 is 2.50 bits per heavy atom. The van der Waals surface area contributed by atoms with Crippen LogP contribution in [-0.4, -0.2) is 29.1 Å². The quantitative estimate of drug-likeness (QED) is 0.857. The predicted molar refractivity (Wildman–Crippen MR) is 78.0 cm³/mol. The van der Waals surface area contributed by atoms with Crippen LogP contribution in [0.5, 0.6) is 0 Å². The van der Waals surface area contributed by atoms with Crippen LogP contribution in [0.2, 0.25) is 0 Å². The number of benzene rings is 1. The third-order valence-corrected chi connectivity index (χ3v) is 4.11. The molecule has 2 unspecified atom stereocenters. The zero-order valence-corrected chi connectivity index (χ0v) is 11.9. The highest BCUT2D eigenvalue weighted by molar-refractivity contribution is 5.81. The number of nitrogens with two attached hydrogens (primary N) is 1. The van der Waals surface area contributed by atoms with Crippen LogP contribution in [0.1, 0.15) is 38.2 Å². The van der Waals surface area contributed by atoms with Gasteiger partial charge in [-0.15, -0.1) is 0 Å². The zero-order chi connectivity index (χ0) is 14.1. The molecule has 1 heterocycles. The van der Waals surface area contributed by atoms with Gasteiger partial charge in [0.15, 0.2) is 0 Å². The van der Waals surface area contributed by atoms with Gasteiger partial charge in [-0.1, -0.05) is 12.1 Å².